The van der Waals surface area contributed by atoms with Gasteiger partial charge in [-0.1, -0.05) is 0 Å². The van der Waals surface area contributed by atoms with Crippen LogP contribution in [0.1, 0.15) is 24.2 Å². The van der Waals surface area contributed by atoms with Crippen molar-refractivity contribution in [2.24, 2.45) is 11.7 Å². The molecule has 2 rings (SSSR count). The lowest BCUT2D eigenvalue weighted by Crippen LogP contribution is -2.46. The summed E-state index contributed by atoms with van der Waals surface area (Å²) in [6.07, 6.45) is 1.35. The van der Waals surface area contributed by atoms with E-state index in [0.717, 1.165) is 0 Å². The third-order valence-electron chi connectivity index (χ3n) is 3.86. The molecular formula is C13H24ClN5O3S. The summed E-state index contributed by atoms with van der Waals surface area (Å²) in [7, 11) is -3.63. The Balaban J connectivity index is 0.00000264. The number of carbonyl (C=O) groups excluding carboxylic acids is 1. The molecule has 1 amide bonds. The third-order valence-corrected chi connectivity index (χ3v) is 5.99. The van der Waals surface area contributed by atoms with Gasteiger partial charge in [0.15, 0.2) is 0 Å². The maximum atomic E-state index is 12.8. The molecule has 1 unspecified atom stereocenters. The fourth-order valence-electron chi connectivity index (χ4n) is 2.76. The number of aryl methyl sites for hydroxylation is 2. The number of nitrogens with zero attached hydrogens (tertiary/aromatic N) is 2. The average Bonchev–Trinajstić information content (AvgIpc) is 2.84. The Bertz CT molecular complexity index is 627. The summed E-state index contributed by atoms with van der Waals surface area (Å²) in [5.74, 6) is -0.464. The molecule has 4 N–H and O–H groups in total. The maximum Gasteiger partial charge on any atom is 0.246 e. The van der Waals surface area contributed by atoms with E-state index >= 15 is 0 Å². The SMILES string of the molecule is Cc1n[nH]c(C)c1S(=O)(=O)N1CCCC(C(=O)NCCN)C1.Cl. The van der Waals surface area contributed by atoms with Crippen LogP contribution in [0.15, 0.2) is 4.90 Å². The van der Waals surface area contributed by atoms with E-state index in [-0.39, 0.29) is 35.7 Å². The van der Waals surface area contributed by atoms with E-state index in [0.29, 0.717) is 43.9 Å². The molecule has 0 spiro atoms. The highest BCUT2D eigenvalue weighted by Crippen LogP contribution is 2.26. The van der Waals surface area contributed by atoms with Crippen LogP contribution in [-0.4, -0.2) is 55.0 Å². The van der Waals surface area contributed by atoms with Gasteiger partial charge in [-0.15, -0.1) is 12.4 Å². The maximum absolute atomic E-state index is 12.8. The van der Waals surface area contributed by atoms with Crippen LogP contribution in [0.25, 0.3) is 0 Å². The van der Waals surface area contributed by atoms with Crippen LogP contribution in [0.5, 0.6) is 0 Å². The molecule has 1 aliphatic heterocycles. The number of nitrogens with one attached hydrogen (secondary N) is 2. The number of carbonyl (C=O) groups is 1. The molecule has 1 fully saturated rings. The summed E-state index contributed by atoms with van der Waals surface area (Å²) < 4.78 is 27.0. The molecular weight excluding hydrogens is 342 g/mol. The van der Waals surface area contributed by atoms with Crippen molar-refractivity contribution < 1.29 is 13.2 Å². The predicted octanol–water partition coefficient (Wildman–Crippen LogP) is -0.0761. The van der Waals surface area contributed by atoms with Crippen LogP contribution >= 0.6 is 12.4 Å². The van der Waals surface area contributed by atoms with E-state index in [1.165, 1.54) is 4.31 Å². The molecule has 2 heterocycles. The van der Waals surface area contributed by atoms with E-state index in [2.05, 4.69) is 15.5 Å². The standard InChI is InChI=1S/C13H23N5O3S.ClH/c1-9-12(10(2)17-16-9)22(20,21)18-7-3-4-11(8-18)13(19)15-6-5-14;/h11H,3-8,14H2,1-2H3,(H,15,19)(H,16,17);1H. The zero-order valence-corrected chi connectivity index (χ0v) is 15.0. The Morgan fingerprint density at radius 1 is 1.48 bits per heavy atom. The number of piperidine rings is 1. The quantitative estimate of drug-likeness (QED) is 0.674. The van der Waals surface area contributed by atoms with Gasteiger partial charge in [0, 0.05) is 26.2 Å². The lowest BCUT2D eigenvalue weighted by atomic mass is 9.99. The molecule has 0 radical (unpaired) electrons. The molecule has 0 bridgehead atoms. The average molecular weight is 366 g/mol. The second-order valence-corrected chi connectivity index (χ2v) is 7.42. The van der Waals surface area contributed by atoms with Crippen molar-refractivity contribution in [1.82, 2.24) is 19.8 Å². The van der Waals surface area contributed by atoms with Crippen molar-refractivity contribution >= 4 is 28.3 Å². The van der Waals surface area contributed by atoms with Crippen LogP contribution in [0, 0.1) is 19.8 Å². The number of sulfonamides is 1. The first-order valence-electron chi connectivity index (χ1n) is 7.37. The van der Waals surface area contributed by atoms with Crippen LogP contribution in [0.2, 0.25) is 0 Å². The molecule has 1 aromatic rings. The summed E-state index contributed by atoms with van der Waals surface area (Å²) in [6.45, 7) is 4.74. The van der Waals surface area contributed by atoms with Crippen molar-refractivity contribution in [2.45, 2.75) is 31.6 Å². The molecule has 10 heteroatoms. The summed E-state index contributed by atoms with van der Waals surface area (Å²) in [6, 6.07) is 0. The lowest BCUT2D eigenvalue weighted by Gasteiger charge is -2.31. The highest BCUT2D eigenvalue weighted by molar-refractivity contribution is 7.89. The van der Waals surface area contributed by atoms with Gasteiger partial charge in [0.2, 0.25) is 15.9 Å². The van der Waals surface area contributed by atoms with E-state index in [4.69, 9.17) is 5.73 Å². The van der Waals surface area contributed by atoms with Crippen LogP contribution in [-0.2, 0) is 14.8 Å². The summed E-state index contributed by atoms with van der Waals surface area (Å²) in [5, 5.41) is 9.37. The Morgan fingerprint density at radius 3 is 2.74 bits per heavy atom. The zero-order valence-electron chi connectivity index (χ0n) is 13.3. The summed E-state index contributed by atoms with van der Waals surface area (Å²) >= 11 is 0. The molecule has 0 saturated carbocycles. The highest BCUT2D eigenvalue weighted by Gasteiger charge is 2.35. The molecule has 8 nitrogen and oxygen atoms in total. The summed E-state index contributed by atoms with van der Waals surface area (Å²) in [5.41, 5.74) is 6.34. The monoisotopic (exact) mass is 365 g/mol. The van der Waals surface area contributed by atoms with Crippen molar-refractivity contribution in [3.8, 4) is 0 Å². The first kappa shape index (κ1) is 19.9. The fourth-order valence-corrected chi connectivity index (χ4v) is 4.62. The Hall–Kier alpha value is -1.16. The van der Waals surface area contributed by atoms with Gasteiger partial charge in [-0.25, -0.2) is 8.42 Å². The Morgan fingerprint density at radius 2 is 2.17 bits per heavy atom. The normalized spacial score (nSPS) is 19.2. The summed E-state index contributed by atoms with van der Waals surface area (Å²) in [4.78, 5) is 12.3. The van der Waals surface area contributed by atoms with Gasteiger partial charge in [0.25, 0.3) is 0 Å². The van der Waals surface area contributed by atoms with Gasteiger partial charge in [-0.2, -0.15) is 9.40 Å². The van der Waals surface area contributed by atoms with Crippen molar-refractivity contribution in [3.63, 3.8) is 0 Å². The number of rotatable bonds is 5. The minimum Gasteiger partial charge on any atom is -0.355 e. The smallest absolute Gasteiger partial charge is 0.246 e. The van der Waals surface area contributed by atoms with E-state index in [9.17, 15) is 13.2 Å². The third kappa shape index (κ3) is 4.23. The number of hydrogen-bond acceptors (Lipinski definition) is 5. The van der Waals surface area contributed by atoms with Crippen molar-refractivity contribution in [1.29, 1.82) is 0 Å². The van der Waals surface area contributed by atoms with Gasteiger partial charge in [0.1, 0.15) is 4.90 Å². The second-order valence-electron chi connectivity index (χ2n) is 5.55. The van der Waals surface area contributed by atoms with Crippen LogP contribution in [0.4, 0.5) is 0 Å². The lowest BCUT2D eigenvalue weighted by molar-refractivity contribution is -0.126. The minimum absolute atomic E-state index is 0. The van der Waals surface area contributed by atoms with Crippen molar-refractivity contribution in [2.75, 3.05) is 26.2 Å². The van der Waals surface area contributed by atoms with Gasteiger partial charge in [-0.3, -0.25) is 9.89 Å². The first-order chi connectivity index (χ1) is 10.4. The molecule has 23 heavy (non-hydrogen) atoms. The number of aromatic nitrogens is 2. The Labute approximate surface area is 142 Å². The predicted molar refractivity (Wildman–Crippen MR) is 88.9 cm³/mol. The zero-order chi connectivity index (χ0) is 16.3. The minimum atomic E-state index is -3.63. The molecule has 1 atom stereocenters. The number of nitrogens with two attached hydrogens (primary N) is 1. The Kier molecular flexibility index (Phi) is 7.00. The van der Waals surface area contributed by atoms with E-state index < -0.39 is 10.0 Å². The molecule has 1 saturated heterocycles. The topological polar surface area (TPSA) is 121 Å². The number of aromatic amines is 1. The number of H-pyrrole nitrogens is 1. The highest BCUT2D eigenvalue weighted by atomic mass is 35.5. The molecule has 132 valence electrons. The number of hydrogen-bond donors (Lipinski definition) is 3. The van der Waals surface area contributed by atoms with Gasteiger partial charge in [0.05, 0.1) is 17.3 Å². The van der Waals surface area contributed by atoms with Crippen molar-refractivity contribution in [3.05, 3.63) is 11.4 Å². The van der Waals surface area contributed by atoms with Crippen LogP contribution < -0.4 is 11.1 Å². The van der Waals surface area contributed by atoms with Gasteiger partial charge >= 0.3 is 0 Å². The largest absolute Gasteiger partial charge is 0.355 e. The van der Waals surface area contributed by atoms with E-state index in [1.54, 1.807) is 13.8 Å². The van der Waals surface area contributed by atoms with E-state index in [1.807, 2.05) is 0 Å². The van der Waals surface area contributed by atoms with Gasteiger partial charge in [-0.05, 0) is 26.7 Å². The second kappa shape index (κ2) is 8.09. The molecule has 1 aromatic heterocycles. The molecule has 0 aliphatic carbocycles. The first-order valence-corrected chi connectivity index (χ1v) is 8.81. The number of amides is 1. The van der Waals surface area contributed by atoms with Crippen LogP contribution in [0.3, 0.4) is 0 Å². The fraction of sp³-hybridized carbons (Fsp3) is 0.692. The number of halogens is 1. The molecule has 1 aliphatic rings. The molecule has 0 aromatic carbocycles. The van der Waals surface area contributed by atoms with Gasteiger partial charge < -0.3 is 11.1 Å².